The second-order valence-corrected chi connectivity index (χ2v) is 8.20. The Hall–Kier alpha value is -3.89. The Bertz CT molecular complexity index is 1750. The molecule has 3 heterocycles. The van der Waals surface area contributed by atoms with Gasteiger partial charge in [-0.3, -0.25) is 0 Å². The third-order valence-electron chi connectivity index (χ3n) is 5.86. The van der Waals surface area contributed by atoms with Crippen molar-refractivity contribution in [2.75, 3.05) is 19.0 Å². The molecular formula is C28H21N4O2Pt-. The standard InChI is InChI=1S/C28H21N4O2.Pt/c1-31(2)22-13-14-25(33)28-21(22)12-15-27(30-28)34-18-10-11-20-19-7-3-4-8-23(19)32(24(20)17-18)26-9-5-6-16-29-26;/h3-16,33H,1-2H3;/q-1;/i5D;. The number of pyridine rings is 2. The van der Waals surface area contributed by atoms with E-state index in [0.29, 0.717) is 29.0 Å². The zero-order chi connectivity index (χ0) is 24.1. The van der Waals surface area contributed by atoms with Crippen molar-refractivity contribution in [3.63, 3.8) is 0 Å². The van der Waals surface area contributed by atoms with Crippen molar-refractivity contribution in [1.82, 2.24) is 14.5 Å². The van der Waals surface area contributed by atoms with Gasteiger partial charge in [0, 0.05) is 69.8 Å². The number of fused-ring (bicyclic) bond motifs is 4. The maximum Gasteiger partial charge on any atom is 0.217 e. The predicted octanol–water partition coefficient (Wildman–Crippen LogP) is 6.09. The van der Waals surface area contributed by atoms with Gasteiger partial charge in [-0.05, 0) is 41.8 Å². The van der Waals surface area contributed by atoms with Crippen molar-refractivity contribution < 1.29 is 32.3 Å². The molecule has 176 valence electrons. The molecule has 6 nitrogen and oxygen atoms in total. The Morgan fingerprint density at radius 3 is 2.60 bits per heavy atom. The first kappa shape index (κ1) is 21.6. The van der Waals surface area contributed by atoms with E-state index in [1.165, 1.54) is 0 Å². The van der Waals surface area contributed by atoms with Crippen LogP contribution in [0.15, 0.2) is 85.0 Å². The van der Waals surface area contributed by atoms with E-state index in [1.54, 1.807) is 30.5 Å². The monoisotopic (exact) mass is 641 g/mol. The van der Waals surface area contributed by atoms with Crippen LogP contribution >= 0.6 is 0 Å². The maximum atomic E-state index is 10.4. The quantitative estimate of drug-likeness (QED) is 0.236. The summed E-state index contributed by atoms with van der Waals surface area (Å²) in [5.41, 5.74) is 3.19. The molecule has 3 aromatic heterocycles. The minimum atomic E-state index is 0. The number of anilines is 1. The number of nitrogens with zero attached hydrogens (tertiary/aromatic N) is 4. The number of hydrogen-bond acceptors (Lipinski definition) is 5. The third kappa shape index (κ3) is 3.90. The molecule has 6 rings (SSSR count). The summed E-state index contributed by atoms with van der Waals surface area (Å²) in [5, 5.41) is 13.3. The largest absolute Gasteiger partial charge is 0.506 e. The van der Waals surface area contributed by atoms with Crippen molar-refractivity contribution in [2.45, 2.75) is 0 Å². The van der Waals surface area contributed by atoms with Crippen LogP contribution in [0, 0.1) is 6.07 Å². The molecule has 0 saturated heterocycles. The summed E-state index contributed by atoms with van der Waals surface area (Å²) in [4.78, 5) is 11.0. The number of aromatic hydroxyl groups is 1. The van der Waals surface area contributed by atoms with Gasteiger partial charge in [-0.1, -0.05) is 29.8 Å². The topological polar surface area (TPSA) is 63.4 Å². The van der Waals surface area contributed by atoms with E-state index in [1.807, 2.05) is 66.0 Å². The number of phenols is 1. The summed E-state index contributed by atoms with van der Waals surface area (Å²) >= 11 is 0. The van der Waals surface area contributed by atoms with Crippen LogP contribution in [0.4, 0.5) is 5.69 Å². The fourth-order valence-corrected chi connectivity index (χ4v) is 4.34. The molecule has 0 unspecified atom stereocenters. The molecule has 1 N–H and O–H groups in total. The number of phenolic OH excluding ortho intramolecular Hbond substituents is 1. The predicted molar refractivity (Wildman–Crippen MR) is 135 cm³/mol. The molecule has 0 saturated carbocycles. The van der Waals surface area contributed by atoms with Crippen molar-refractivity contribution in [2.24, 2.45) is 0 Å². The third-order valence-corrected chi connectivity index (χ3v) is 5.86. The Labute approximate surface area is 218 Å². The Morgan fingerprint density at radius 1 is 0.943 bits per heavy atom. The summed E-state index contributed by atoms with van der Waals surface area (Å²) in [6.45, 7) is 0. The van der Waals surface area contributed by atoms with Gasteiger partial charge in [-0.15, -0.1) is 17.5 Å². The maximum absolute atomic E-state index is 10.4. The van der Waals surface area contributed by atoms with Gasteiger partial charge in [0.25, 0.3) is 0 Å². The molecule has 0 amide bonds. The SMILES string of the molecule is [2H]c1ccnc(-n2c3[c-]c(Oc4ccc5c(N(C)C)ccc(O)c5n4)ccc3c3ccccc32)c1.[Pt]. The number of hydrogen-bond donors (Lipinski definition) is 1. The Morgan fingerprint density at radius 2 is 1.77 bits per heavy atom. The number of benzene rings is 3. The molecule has 0 aliphatic carbocycles. The molecule has 35 heavy (non-hydrogen) atoms. The second kappa shape index (κ2) is 9.04. The molecular weight excluding hydrogens is 619 g/mol. The van der Waals surface area contributed by atoms with Crippen LogP contribution < -0.4 is 9.64 Å². The van der Waals surface area contributed by atoms with Gasteiger partial charge in [-0.25, -0.2) is 9.97 Å². The minimum Gasteiger partial charge on any atom is -0.506 e. The van der Waals surface area contributed by atoms with Gasteiger partial charge in [0.2, 0.25) is 5.88 Å². The van der Waals surface area contributed by atoms with E-state index in [4.69, 9.17) is 6.11 Å². The van der Waals surface area contributed by atoms with Crippen molar-refractivity contribution in [3.05, 3.63) is 91.1 Å². The van der Waals surface area contributed by atoms with Crippen molar-refractivity contribution >= 4 is 38.4 Å². The molecule has 0 spiro atoms. The number of aromatic nitrogens is 3. The molecule has 0 atom stereocenters. The van der Waals surface area contributed by atoms with Crippen molar-refractivity contribution in [1.29, 1.82) is 0 Å². The van der Waals surface area contributed by atoms with E-state index in [0.717, 1.165) is 32.9 Å². The first-order valence-corrected chi connectivity index (χ1v) is 10.9. The van der Waals surface area contributed by atoms with Crippen LogP contribution in [0.1, 0.15) is 1.37 Å². The summed E-state index contributed by atoms with van der Waals surface area (Å²) in [6, 6.07) is 26.2. The van der Waals surface area contributed by atoms with E-state index in [2.05, 4.69) is 22.1 Å². The molecule has 3 aromatic carbocycles. The molecule has 0 fully saturated rings. The van der Waals surface area contributed by atoms with Crippen LogP contribution in [-0.2, 0) is 21.1 Å². The van der Waals surface area contributed by atoms with Gasteiger partial charge in [-0.2, -0.15) is 6.07 Å². The van der Waals surface area contributed by atoms with Gasteiger partial charge in [0.15, 0.2) is 0 Å². The second-order valence-electron chi connectivity index (χ2n) is 8.20. The summed E-state index contributed by atoms with van der Waals surface area (Å²) < 4.78 is 16.1. The first-order valence-electron chi connectivity index (χ1n) is 11.4. The van der Waals surface area contributed by atoms with Crippen LogP contribution in [0.3, 0.4) is 0 Å². The summed E-state index contributed by atoms with van der Waals surface area (Å²) in [7, 11) is 3.90. The average Bonchev–Trinajstić information content (AvgIpc) is 3.18. The van der Waals surface area contributed by atoms with Crippen LogP contribution in [0.2, 0.25) is 0 Å². The van der Waals surface area contributed by atoms with E-state index < -0.39 is 0 Å². The van der Waals surface area contributed by atoms with Crippen LogP contribution in [-0.4, -0.2) is 33.7 Å². The Balaban J connectivity index is 0.00000267. The fourth-order valence-electron chi connectivity index (χ4n) is 4.34. The Kier molecular flexibility index (Phi) is 5.59. The molecule has 0 aliphatic rings. The zero-order valence-electron chi connectivity index (χ0n) is 20.0. The molecule has 7 heteroatoms. The van der Waals surface area contributed by atoms with E-state index in [-0.39, 0.29) is 26.8 Å². The van der Waals surface area contributed by atoms with Gasteiger partial charge in [0.1, 0.15) is 17.1 Å². The zero-order valence-corrected chi connectivity index (χ0v) is 21.2. The molecule has 0 radical (unpaired) electrons. The smallest absolute Gasteiger partial charge is 0.217 e. The molecule has 0 bridgehead atoms. The van der Waals surface area contributed by atoms with Gasteiger partial charge in [0.05, 0.1) is 1.37 Å². The number of rotatable bonds is 4. The minimum absolute atomic E-state index is 0. The summed E-state index contributed by atoms with van der Waals surface area (Å²) in [6.07, 6.45) is 1.63. The van der Waals surface area contributed by atoms with Crippen LogP contribution in [0.5, 0.6) is 17.4 Å². The average molecular weight is 642 g/mol. The number of para-hydroxylation sites is 1. The molecule has 0 aliphatic heterocycles. The van der Waals surface area contributed by atoms with Crippen molar-refractivity contribution in [3.8, 4) is 23.2 Å². The normalized spacial score (nSPS) is 11.4. The first-order chi connectivity index (χ1) is 17.0. The fraction of sp³-hybridized carbons (Fsp3) is 0.0714. The van der Waals surface area contributed by atoms with Gasteiger partial charge >= 0.3 is 0 Å². The van der Waals surface area contributed by atoms with E-state index in [9.17, 15) is 5.11 Å². The molecule has 6 aromatic rings. The summed E-state index contributed by atoms with van der Waals surface area (Å²) in [5.74, 6) is 1.57. The van der Waals surface area contributed by atoms with Gasteiger partial charge < -0.3 is 19.3 Å². The van der Waals surface area contributed by atoms with E-state index >= 15 is 0 Å². The number of ether oxygens (including phenoxy) is 1. The van der Waals surface area contributed by atoms with Crippen LogP contribution in [0.25, 0.3) is 38.5 Å².